The van der Waals surface area contributed by atoms with Gasteiger partial charge in [0.2, 0.25) is 5.95 Å². The molecule has 0 saturated heterocycles. The van der Waals surface area contributed by atoms with Gasteiger partial charge in [-0.1, -0.05) is 22.0 Å². The summed E-state index contributed by atoms with van der Waals surface area (Å²) >= 11 is 3.43. The third-order valence-electron chi connectivity index (χ3n) is 5.94. The molecule has 5 N–H and O–H groups in total. The lowest BCUT2D eigenvalue weighted by Crippen LogP contribution is -2.28. The number of primary amides is 1. The molecule has 3 amide bonds. The van der Waals surface area contributed by atoms with E-state index in [1.165, 1.54) is 10.9 Å². The summed E-state index contributed by atoms with van der Waals surface area (Å²) in [7, 11) is 0. The number of carbonyl (C=O) groups is 3. The molecule has 0 bridgehead atoms. The Bertz CT molecular complexity index is 1730. The molecule has 13 heteroatoms. The number of carbonyl (C=O) groups excluding carboxylic acids is 3. The molecule has 3 heterocycles. The minimum absolute atomic E-state index is 0.0315. The Balaban J connectivity index is 1.30. The van der Waals surface area contributed by atoms with Crippen molar-refractivity contribution in [3.8, 4) is 11.4 Å². The molecule has 0 aliphatic rings. The Morgan fingerprint density at radius 3 is 2.67 bits per heavy atom. The third-order valence-corrected chi connectivity index (χ3v) is 6.44. The lowest BCUT2D eigenvalue weighted by Gasteiger charge is -2.12. The summed E-state index contributed by atoms with van der Waals surface area (Å²) in [6, 6.07) is 14.2. The number of aromatic nitrogens is 5. The van der Waals surface area contributed by atoms with Crippen molar-refractivity contribution in [1.29, 1.82) is 0 Å². The van der Waals surface area contributed by atoms with Crippen molar-refractivity contribution in [3.05, 3.63) is 94.2 Å². The molecule has 5 rings (SSSR count). The number of halogens is 1. The van der Waals surface area contributed by atoms with E-state index in [2.05, 4.69) is 46.5 Å². The van der Waals surface area contributed by atoms with Crippen LogP contribution in [0.1, 0.15) is 32.1 Å². The molecule has 0 aliphatic carbocycles. The molecule has 3 aromatic heterocycles. The molecule has 0 saturated carbocycles. The van der Waals surface area contributed by atoms with Crippen LogP contribution in [0.4, 0.5) is 5.95 Å². The summed E-state index contributed by atoms with van der Waals surface area (Å²) in [4.78, 5) is 53.0. The van der Waals surface area contributed by atoms with Crippen molar-refractivity contribution in [2.24, 2.45) is 5.73 Å². The number of fused-ring (bicyclic) bond motifs is 1. The summed E-state index contributed by atoms with van der Waals surface area (Å²) in [5.41, 5.74) is 8.85. The van der Waals surface area contributed by atoms with Crippen molar-refractivity contribution in [1.82, 2.24) is 29.8 Å². The van der Waals surface area contributed by atoms with Crippen LogP contribution in [0.15, 0.2) is 71.7 Å². The summed E-state index contributed by atoms with van der Waals surface area (Å²) in [6.45, 7) is 2.06. The fourth-order valence-corrected chi connectivity index (χ4v) is 4.32. The number of anilines is 1. The van der Waals surface area contributed by atoms with E-state index in [-0.39, 0.29) is 29.9 Å². The highest BCUT2D eigenvalue weighted by Crippen LogP contribution is 2.24. The molecule has 202 valence electrons. The third kappa shape index (κ3) is 5.83. The van der Waals surface area contributed by atoms with E-state index in [9.17, 15) is 14.4 Å². The van der Waals surface area contributed by atoms with Crippen LogP contribution < -0.4 is 21.1 Å². The molecule has 0 unspecified atom stereocenters. The number of nitrogens with zero attached hydrogens (tertiary/aromatic N) is 4. The molecule has 40 heavy (non-hydrogen) atoms. The van der Waals surface area contributed by atoms with Gasteiger partial charge in [0.15, 0.2) is 12.3 Å². The zero-order valence-corrected chi connectivity index (χ0v) is 22.7. The fourth-order valence-electron chi connectivity index (χ4n) is 3.97. The number of imidazole rings is 2. The predicted molar refractivity (Wildman–Crippen MR) is 150 cm³/mol. The molecule has 2 aromatic carbocycles. The summed E-state index contributed by atoms with van der Waals surface area (Å²) in [5, 5.41) is 5.46. The predicted octanol–water partition coefficient (Wildman–Crippen LogP) is 3.26. The van der Waals surface area contributed by atoms with Crippen LogP contribution >= 0.6 is 15.9 Å². The number of rotatable bonds is 9. The molecule has 0 atom stereocenters. The Morgan fingerprint density at radius 2 is 1.90 bits per heavy atom. The van der Waals surface area contributed by atoms with Gasteiger partial charge in [-0.3, -0.25) is 29.3 Å². The lowest BCUT2D eigenvalue weighted by atomic mass is 10.2. The van der Waals surface area contributed by atoms with Gasteiger partial charge in [-0.2, -0.15) is 0 Å². The number of H-pyrrole nitrogens is 1. The molecule has 5 aromatic rings. The Hall–Kier alpha value is -5.04. The highest BCUT2D eigenvalue weighted by Gasteiger charge is 2.25. The topological polar surface area (TPSA) is 170 Å². The van der Waals surface area contributed by atoms with Crippen LogP contribution in [-0.2, 0) is 11.3 Å². The molecular formula is C27H23BrN8O4. The Morgan fingerprint density at radius 1 is 1.10 bits per heavy atom. The van der Waals surface area contributed by atoms with Gasteiger partial charge in [-0.15, -0.1) is 0 Å². The highest BCUT2D eigenvalue weighted by atomic mass is 79.9. The van der Waals surface area contributed by atoms with E-state index in [1.54, 1.807) is 36.7 Å². The van der Waals surface area contributed by atoms with Gasteiger partial charge < -0.3 is 20.8 Å². The first-order valence-electron chi connectivity index (χ1n) is 12.0. The van der Waals surface area contributed by atoms with Crippen LogP contribution in [-0.4, -0.2) is 48.8 Å². The SMILES string of the molecule is Cc1ccc(Br)cc1-n1cnc(C(N)=O)c1C(=O)Nc1nc2cc(OCC(=O)NCc3ccncc3)ccc2[nH]1. The van der Waals surface area contributed by atoms with Crippen molar-refractivity contribution in [2.75, 3.05) is 11.9 Å². The average molecular weight is 603 g/mol. The number of nitrogens with one attached hydrogen (secondary N) is 3. The number of aryl methyl sites for hydroxylation is 1. The number of hydrogen-bond acceptors (Lipinski definition) is 7. The lowest BCUT2D eigenvalue weighted by molar-refractivity contribution is -0.123. The average Bonchev–Trinajstić information content (AvgIpc) is 3.56. The first-order valence-corrected chi connectivity index (χ1v) is 12.8. The number of amides is 3. The number of pyridine rings is 1. The summed E-state index contributed by atoms with van der Waals surface area (Å²) < 4.78 is 7.90. The second-order valence-corrected chi connectivity index (χ2v) is 9.66. The van der Waals surface area contributed by atoms with Crippen LogP contribution in [0.25, 0.3) is 16.7 Å². The van der Waals surface area contributed by atoms with Gasteiger partial charge in [0, 0.05) is 29.5 Å². The van der Waals surface area contributed by atoms with Crippen LogP contribution in [0.3, 0.4) is 0 Å². The van der Waals surface area contributed by atoms with Gasteiger partial charge in [-0.05, 0) is 54.4 Å². The first-order chi connectivity index (χ1) is 19.3. The van der Waals surface area contributed by atoms with E-state index in [1.807, 2.05) is 31.2 Å². The summed E-state index contributed by atoms with van der Waals surface area (Å²) in [6.07, 6.45) is 4.68. The zero-order chi connectivity index (χ0) is 28.2. The van der Waals surface area contributed by atoms with Crippen molar-refractivity contribution < 1.29 is 19.1 Å². The smallest absolute Gasteiger partial charge is 0.277 e. The van der Waals surface area contributed by atoms with Gasteiger partial charge >= 0.3 is 0 Å². The number of nitrogens with two attached hydrogens (primary N) is 1. The molecule has 0 fully saturated rings. The van der Waals surface area contributed by atoms with Crippen LogP contribution in [0, 0.1) is 6.92 Å². The number of benzene rings is 2. The minimum Gasteiger partial charge on any atom is -0.484 e. The van der Waals surface area contributed by atoms with Crippen LogP contribution in [0.5, 0.6) is 5.75 Å². The van der Waals surface area contributed by atoms with E-state index in [4.69, 9.17) is 10.5 Å². The monoisotopic (exact) mass is 602 g/mol. The zero-order valence-electron chi connectivity index (χ0n) is 21.1. The second kappa shape index (κ2) is 11.4. The van der Waals surface area contributed by atoms with Gasteiger partial charge in [0.05, 0.1) is 16.7 Å². The van der Waals surface area contributed by atoms with E-state index < -0.39 is 11.8 Å². The van der Waals surface area contributed by atoms with E-state index in [0.717, 1.165) is 15.6 Å². The quantitative estimate of drug-likeness (QED) is 0.200. The second-order valence-electron chi connectivity index (χ2n) is 8.75. The number of hydrogen-bond donors (Lipinski definition) is 4. The standard InChI is InChI=1S/C27H23BrN8O4/c1-15-2-3-17(28)10-21(15)36-14-32-23(25(29)38)24(36)26(39)35-27-33-19-5-4-18(11-20(19)34-27)40-13-22(37)31-12-16-6-8-30-9-7-16/h2-11,14H,12-13H2,1H3,(H2,29,38)(H,31,37)(H2,33,34,35,39). The number of aromatic amines is 1. The maximum Gasteiger partial charge on any atom is 0.277 e. The van der Waals surface area contributed by atoms with Crippen molar-refractivity contribution in [3.63, 3.8) is 0 Å². The maximum atomic E-state index is 13.4. The van der Waals surface area contributed by atoms with Crippen molar-refractivity contribution >= 4 is 50.6 Å². The number of ether oxygens (including phenoxy) is 1. The van der Waals surface area contributed by atoms with E-state index in [0.29, 0.717) is 29.0 Å². The normalized spacial score (nSPS) is 10.8. The molecule has 0 radical (unpaired) electrons. The van der Waals surface area contributed by atoms with Gasteiger partial charge in [0.1, 0.15) is 17.8 Å². The molecule has 0 aliphatic heterocycles. The molecular weight excluding hydrogens is 580 g/mol. The maximum absolute atomic E-state index is 13.4. The van der Waals surface area contributed by atoms with Crippen molar-refractivity contribution in [2.45, 2.75) is 13.5 Å². The Kier molecular flexibility index (Phi) is 7.55. The van der Waals surface area contributed by atoms with E-state index >= 15 is 0 Å². The molecule has 0 spiro atoms. The first kappa shape index (κ1) is 26.6. The largest absolute Gasteiger partial charge is 0.484 e. The van der Waals surface area contributed by atoms with Gasteiger partial charge in [0.25, 0.3) is 17.7 Å². The highest BCUT2D eigenvalue weighted by molar-refractivity contribution is 9.10. The van der Waals surface area contributed by atoms with Crippen LogP contribution in [0.2, 0.25) is 0 Å². The summed E-state index contributed by atoms with van der Waals surface area (Å²) in [5.74, 6) is -1.19. The molecule has 12 nitrogen and oxygen atoms in total. The Labute approximate surface area is 236 Å². The van der Waals surface area contributed by atoms with Gasteiger partial charge in [-0.25, -0.2) is 9.97 Å². The fraction of sp³-hybridized carbons (Fsp3) is 0.111. The minimum atomic E-state index is -0.840.